The van der Waals surface area contributed by atoms with Crippen molar-refractivity contribution in [2.24, 2.45) is 7.05 Å². The maximum absolute atomic E-state index is 11.9. The van der Waals surface area contributed by atoms with Gasteiger partial charge in [-0.05, 0) is 19.8 Å². The van der Waals surface area contributed by atoms with Gasteiger partial charge in [-0.15, -0.1) is 0 Å². The maximum Gasteiger partial charge on any atom is 0.315 e. The van der Waals surface area contributed by atoms with Gasteiger partial charge in [0.25, 0.3) is 0 Å². The molecule has 18 heavy (non-hydrogen) atoms. The molecule has 2 amide bonds. The topological polar surface area (TPSA) is 59.0 Å². The zero-order chi connectivity index (χ0) is 13.0. The molecule has 0 saturated heterocycles. The van der Waals surface area contributed by atoms with Gasteiger partial charge in [-0.2, -0.15) is 5.10 Å². The van der Waals surface area contributed by atoms with E-state index in [1.807, 2.05) is 20.2 Å². The SMILES string of the molecule is CC(NC(=O)NC1CCCCC1)c1cnn(C)c1. The fourth-order valence-corrected chi connectivity index (χ4v) is 2.42. The molecule has 0 spiro atoms. The summed E-state index contributed by atoms with van der Waals surface area (Å²) < 4.78 is 1.74. The number of amides is 2. The van der Waals surface area contributed by atoms with Crippen LogP contribution in [0.4, 0.5) is 4.79 Å². The highest BCUT2D eigenvalue weighted by molar-refractivity contribution is 5.74. The summed E-state index contributed by atoms with van der Waals surface area (Å²) in [6.07, 6.45) is 9.67. The predicted octanol–water partition coefficient (Wildman–Crippen LogP) is 2.11. The highest BCUT2D eigenvalue weighted by Crippen LogP contribution is 2.17. The van der Waals surface area contributed by atoms with E-state index in [0.717, 1.165) is 18.4 Å². The molecule has 1 atom stereocenters. The Morgan fingerprint density at radius 3 is 2.78 bits per heavy atom. The number of hydrogen-bond donors (Lipinski definition) is 2. The van der Waals surface area contributed by atoms with Crippen molar-refractivity contribution in [1.82, 2.24) is 20.4 Å². The van der Waals surface area contributed by atoms with Crippen molar-refractivity contribution in [3.8, 4) is 0 Å². The third-order valence-corrected chi connectivity index (χ3v) is 3.51. The molecule has 1 saturated carbocycles. The number of carbonyl (C=O) groups is 1. The Balaban J connectivity index is 1.79. The fraction of sp³-hybridized carbons (Fsp3) is 0.692. The van der Waals surface area contributed by atoms with Gasteiger partial charge in [-0.25, -0.2) is 4.79 Å². The number of aryl methyl sites for hydroxylation is 1. The first-order valence-electron chi connectivity index (χ1n) is 6.70. The van der Waals surface area contributed by atoms with Crippen molar-refractivity contribution in [2.45, 2.75) is 51.1 Å². The largest absolute Gasteiger partial charge is 0.335 e. The van der Waals surface area contributed by atoms with Gasteiger partial charge in [0.2, 0.25) is 0 Å². The maximum atomic E-state index is 11.9. The number of aromatic nitrogens is 2. The van der Waals surface area contributed by atoms with Crippen LogP contribution in [0.5, 0.6) is 0 Å². The molecule has 1 aliphatic carbocycles. The average molecular weight is 250 g/mol. The number of urea groups is 1. The molecule has 1 fully saturated rings. The Kier molecular flexibility index (Phi) is 4.23. The third kappa shape index (κ3) is 3.48. The Morgan fingerprint density at radius 1 is 1.44 bits per heavy atom. The van der Waals surface area contributed by atoms with Crippen LogP contribution in [-0.2, 0) is 7.05 Å². The Morgan fingerprint density at radius 2 is 2.17 bits per heavy atom. The first-order chi connectivity index (χ1) is 8.65. The van der Waals surface area contributed by atoms with Crippen LogP contribution in [0.15, 0.2) is 12.4 Å². The molecule has 1 heterocycles. The second kappa shape index (κ2) is 5.89. The molecule has 0 bridgehead atoms. The molecule has 5 heteroatoms. The van der Waals surface area contributed by atoms with Crippen LogP contribution < -0.4 is 10.6 Å². The first kappa shape index (κ1) is 12.9. The van der Waals surface area contributed by atoms with Crippen molar-refractivity contribution in [3.05, 3.63) is 18.0 Å². The number of hydrogen-bond acceptors (Lipinski definition) is 2. The minimum atomic E-state index is -0.0711. The molecule has 1 aromatic heterocycles. The van der Waals surface area contributed by atoms with Crippen LogP contribution in [0.2, 0.25) is 0 Å². The molecule has 2 N–H and O–H groups in total. The summed E-state index contributed by atoms with van der Waals surface area (Å²) in [6.45, 7) is 1.97. The van der Waals surface area contributed by atoms with Gasteiger partial charge in [-0.1, -0.05) is 19.3 Å². The molecular formula is C13H22N4O. The van der Waals surface area contributed by atoms with Crippen LogP contribution in [0, 0.1) is 0 Å². The average Bonchev–Trinajstić information content (AvgIpc) is 2.77. The van der Waals surface area contributed by atoms with Gasteiger partial charge in [0, 0.05) is 24.8 Å². The smallest absolute Gasteiger partial charge is 0.315 e. The highest BCUT2D eigenvalue weighted by Gasteiger charge is 2.17. The van der Waals surface area contributed by atoms with Gasteiger partial charge >= 0.3 is 6.03 Å². The van der Waals surface area contributed by atoms with Gasteiger partial charge in [0.05, 0.1) is 12.2 Å². The van der Waals surface area contributed by atoms with Gasteiger partial charge < -0.3 is 10.6 Å². The number of nitrogens with one attached hydrogen (secondary N) is 2. The number of rotatable bonds is 3. The fourth-order valence-electron chi connectivity index (χ4n) is 2.42. The van der Waals surface area contributed by atoms with Crippen LogP contribution in [0.3, 0.4) is 0 Å². The molecule has 0 radical (unpaired) electrons. The third-order valence-electron chi connectivity index (χ3n) is 3.51. The van der Waals surface area contributed by atoms with E-state index in [9.17, 15) is 4.79 Å². The lowest BCUT2D eigenvalue weighted by atomic mass is 9.96. The van der Waals surface area contributed by atoms with E-state index < -0.39 is 0 Å². The van der Waals surface area contributed by atoms with Crippen molar-refractivity contribution in [1.29, 1.82) is 0 Å². The lowest BCUT2D eigenvalue weighted by Gasteiger charge is -2.24. The van der Waals surface area contributed by atoms with Gasteiger partial charge in [0.1, 0.15) is 0 Å². The van der Waals surface area contributed by atoms with E-state index in [1.165, 1.54) is 19.3 Å². The summed E-state index contributed by atoms with van der Waals surface area (Å²) in [4.78, 5) is 11.9. The van der Waals surface area contributed by atoms with Crippen LogP contribution in [-0.4, -0.2) is 21.9 Å². The van der Waals surface area contributed by atoms with Gasteiger partial charge in [0.15, 0.2) is 0 Å². The van der Waals surface area contributed by atoms with E-state index in [2.05, 4.69) is 15.7 Å². The molecule has 2 rings (SSSR count). The Labute approximate surface area is 108 Å². The molecule has 0 aromatic carbocycles. The Bertz CT molecular complexity index is 395. The monoisotopic (exact) mass is 250 g/mol. The summed E-state index contributed by atoms with van der Waals surface area (Å²) in [5.74, 6) is 0. The van der Waals surface area contributed by atoms with Crippen LogP contribution in [0.1, 0.15) is 50.6 Å². The standard InChI is InChI=1S/C13H22N4O/c1-10(11-8-14-17(2)9-11)15-13(18)16-12-6-4-3-5-7-12/h8-10,12H,3-7H2,1-2H3,(H2,15,16,18). The normalized spacial score (nSPS) is 18.3. The quantitative estimate of drug-likeness (QED) is 0.863. The molecule has 0 aliphatic heterocycles. The van der Waals surface area contributed by atoms with E-state index in [4.69, 9.17) is 0 Å². The van der Waals surface area contributed by atoms with Crippen LogP contribution >= 0.6 is 0 Å². The van der Waals surface area contributed by atoms with Crippen LogP contribution in [0.25, 0.3) is 0 Å². The molecule has 100 valence electrons. The molecule has 1 aromatic rings. The molecular weight excluding hydrogens is 228 g/mol. The lowest BCUT2D eigenvalue weighted by molar-refractivity contribution is 0.229. The van der Waals surface area contributed by atoms with Crippen molar-refractivity contribution in [2.75, 3.05) is 0 Å². The summed E-state index contributed by atoms with van der Waals surface area (Å²) in [5.41, 5.74) is 1.02. The van der Waals surface area contributed by atoms with Gasteiger partial charge in [-0.3, -0.25) is 4.68 Å². The highest BCUT2D eigenvalue weighted by atomic mass is 16.2. The van der Waals surface area contributed by atoms with E-state index in [0.29, 0.717) is 6.04 Å². The summed E-state index contributed by atoms with van der Waals surface area (Å²) in [7, 11) is 1.87. The summed E-state index contributed by atoms with van der Waals surface area (Å²) in [5, 5.41) is 10.1. The van der Waals surface area contributed by atoms with Crippen molar-refractivity contribution >= 4 is 6.03 Å². The Hall–Kier alpha value is -1.52. The minimum absolute atomic E-state index is 0.0118. The lowest BCUT2D eigenvalue weighted by Crippen LogP contribution is -2.43. The zero-order valence-corrected chi connectivity index (χ0v) is 11.1. The van der Waals surface area contributed by atoms with Crippen molar-refractivity contribution in [3.63, 3.8) is 0 Å². The first-order valence-corrected chi connectivity index (χ1v) is 6.70. The summed E-state index contributed by atoms with van der Waals surface area (Å²) in [6, 6.07) is 0.264. The second-order valence-electron chi connectivity index (χ2n) is 5.12. The van der Waals surface area contributed by atoms with E-state index >= 15 is 0 Å². The predicted molar refractivity (Wildman–Crippen MR) is 70.2 cm³/mol. The molecule has 1 unspecified atom stereocenters. The molecule has 5 nitrogen and oxygen atoms in total. The summed E-state index contributed by atoms with van der Waals surface area (Å²) >= 11 is 0. The van der Waals surface area contributed by atoms with E-state index in [1.54, 1.807) is 10.9 Å². The number of nitrogens with zero attached hydrogens (tertiary/aromatic N) is 2. The number of carbonyl (C=O) groups excluding carboxylic acids is 1. The molecule has 1 aliphatic rings. The van der Waals surface area contributed by atoms with Crippen molar-refractivity contribution < 1.29 is 4.79 Å². The minimum Gasteiger partial charge on any atom is -0.335 e. The van der Waals surface area contributed by atoms with E-state index in [-0.39, 0.29) is 12.1 Å². The zero-order valence-electron chi connectivity index (χ0n) is 11.1. The second-order valence-corrected chi connectivity index (χ2v) is 5.12.